The lowest BCUT2D eigenvalue weighted by molar-refractivity contribution is -0.154. The second-order valence-electron chi connectivity index (χ2n) is 6.67. The van der Waals surface area contributed by atoms with Gasteiger partial charge in [0, 0.05) is 18.5 Å². The van der Waals surface area contributed by atoms with Gasteiger partial charge in [0.05, 0.1) is 12.7 Å². The Kier molecular flexibility index (Phi) is 5.41. The van der Waals surface area contributed by atoms with Crippen LogP contribution in [0.25, 0.3) is 0 Å². The highest BCUT2D eigenvalue weighted by Gasteiger charge is 2.62. The molecule has 2 aliphatic heterocycles. The Morgan fingerprint density at radius 1 is 1.14 bits per heavy atom. The molecule has 11 heteroatoms. The first kappa shape index (κ1) is 20.6. The van der Waals surface area contributed by atoms with Gasteiger partial charge in [-0.05, 0) is 25.0 Å². The monoisotopic (exact) mass is 421 g/mol. The number of nitrogens with zero attached hydrogens (tertiary/aromatic N) is 1. The molecule has 0 amide bonds. The summed E-state index contributed by atoms with van der Waals surface area (Å²) in [4.78, 5) is 24.6. The standard InChI is InChI=1S/C17H18F3NO6S/c1-26-16(23)14-12-8-7-11(21(12)28(24,25)17(18,19)20)9-13(14)27-15(22)10-5-3-2-4-6-10/h2-6,11-14H,7-9H2,1H3/t11?,12?,13-,14+/m0/s1. The van der Waals surface area contributed by atoms with Crippen molar-refractivity contribution in [3.05, 3.63) is 35.9 Å². The first-order valence-corrected chi connectivity index (χ1v) is 9.95. The normalized spacial score (nSPS) is 28.0. The van der Waals surface area contributed by atoms with Crippen molar-refractivity contribution in [1.29, 1.82) is 0 Å². The number of carbonyl (C=O) groups is 2. The molecule has 1 aromatic rings. The lowest BCUT2D eigenvalue weighted by atomic mass is 9.89. The van der Waals surface area contributed by atoms with E-state index < -0.39 is 51.6 Å². The van der Waals surface area contributed by atoms with Gasteiger partial charge in [-0.2, -0.15) is 17.5 Å². The van der Waals surface area contributed by atoms with Crippen molar-refractivity contribution in [1.82, 2.24) is 4.31 Å². The fourth-order valence-corrected chi connectivity index (χ4v) is 5.37. The molecule has 0 saturated carbocycles. The minimum atomic E-state index is -5.63. The van der Waals surface area contributed by atoms with Crippen molar-refractivity contribution < 1.29 is 40.7 Å². The van der Waals surface area contributed by atoms with Gasteiger partial charge in [0.1, 0.15) is 12.0 Å². The third-order valence-electron chi connectivity index (χ3n) is 5.11. The van der Waals surface area contributed by atoms with Crippen molar-refractivity contribution >= 4 is 22.0 Å². The summed E-state index contributed by atoms with van der Waals surface area (Å²) in [5.41, 5.74) is -5.27. The fourth-order valence-electron chi connectivity index (χ4n) is 3.95. The molecule has 28 heavy (non-hydrogen) atoms. The second kappa shape index (κ2) is 7.36. The zero-order valence-corrected chi connectivity index (χ0v) is 15.6. The summed E-state index contributed by atoms with van der Waals surface area (Å²) in [7, 11) is -4.59. The highest BCUT2D eigenvalue weighted by molar-refractivity contribution is 7.90. The van der Waals surface area contributed by atoms with Crippen LogP contribution in [0.1, 0.15) is 29.6 Å². The van der Waals surface area contributed by atoms with Crippen LogP contribution in [0.4, 0.5) is 13.2 Å². The Labute approximate surface area is 159 Å². The number of rotatable bonds is 4. The van der Waals surface area contributed by atoms with Crippen LogP contribution in [0.2, 0.25) is 0 Å². The van der Waals surface area contributed by atoms with Crippen molar-refractivity contribution in [3.8, 4) is 0 Å². The predicted octanol–water partition coefficient (Wildman–Crippen LogP) is 2.09. The molecule has 2 aliphatic rings. The molecule has 2 heterocycles. The van der Waals surface area contributed by atoms with Gasteiger partial charge >= 0.3 is 27.5 Å². The molecular weight excluding hydrogens is 403 g/mol. The Bertz CT molecular complexity index is 857. The van der Waals surface area contributed by atoms with Gasteiger partial charge in [-0.1, -0.05) is 18.2 Å². The predicted molar refractivity (Wildman–Crippen MR) is 89.4 cm³/mol. The summed E-state index contributed by atoms with van der Waals surface area (Å²) in [6, 6.07) is 5.60. The topological polar surface area (TPSA) is 90.0 Å². The molecule has 2 unspecified atom stereocenters. The molecule has 1 aromatic carbocycles. The second-order valence-corrected chi connectivity index (χ2v) is 8.51. The molecule has 0 spiro atoms. The van der Waals surface area contributed by atoms with E-state index in [1.807, 2.05) is 0 Å². The zero-order chi connectivity index (χ0) is 20.7. The number of halogens is 3. The molecule has 3 rings (SSSR count). The lowest BCUT2D eigenvalue weighted by Gasteiger charge is -2.41. The third kappa shape index (κ3) is 3.48. The largest absolute Gasteiger partial charge is 0.511 e. The van der Waals surface area contributed by atoms with Crippen LogP contribution in [0, 0.1) is 5.92 Å². The molecule has 7 nitrogen and oxygen atoms in total. The van der Waals surface area contributed by atoms with E-state index in [1.165, 1.54) is 12.1 Å². The highest BCUT2D eigenvalue weighted by atomic mass is 32.2. The molecule has 4 atom stereocenters. The number of methoxy groups -OCH3 is 1. The van der Waals surface area contributed by atoms with Crippen LogP contribution < -0.4 is 0 Å². The molecule has 0 N–H and O–H groups in total. The summed E-state index contributed by atoms with van der Waals surface area (Å²) < 4.78 is 73.7. The summed E-state index contributed by atoms with van der Waals surface area (Å²) in [5.74, 6) is -3.00. The molecule has 2 bridgehead atoms. The summed E-state index contributed by atoms with van der Waals surface area (Å²) >= 11 is 0. The molecule has 2 fully saturated rings. The minimum absolute atomic E-state index is 0.0408. The molecule has 0 radical (unpaired) electrons. The average Bonchev–Trinajstić information content (AvgIpc) is 2.96. The Hall–Kier alpha value is -2.14. The van der Waals surface area contributed by atoms with Gasteiger partial charge in [-0.25, -0.2) is 13.2 Å². The summed E-state index contributed by atoms with van der Waals surface area (Å²) in [6.07, 6.45) is -1.13. The molecule has 0 aromatic heterocycles. The Morgan fingerprint density at radius 2 is 1.79 bits per heavy atom. The maximum Gasteiger partial charge on any atom is 0.511 e. The Balaban J connectivity index is 1.91. The van der Waals surface area contributed by atoms with Crippen molar-refractivity contribution in [3.63, 3.8) is 0 Å². The number of piperidine rings is 1. The third-order valence-corrected chi connectivity index (χ3v) is 6.82. The van der Waals surface area contributed by atoms with Crippen LogP contribution in [0.3, 0.4) is 0 Å². The van der Waals surface area contributed by atoms with E-state index in [2.05, 4.69) is 4.74 Å². The smallest absolute Gasteiger partial charge is 0.469 e. The molecule has 154 valence electrons. The average molecular weight is 421 g/mol. The number of carbonyl (C=O) groups excluding carboxylic acids is 2. The summed E-state index contributed by atoms with van der Waals surface area (Å²) in [6.45, 7) is 0. The van der Waals surface area contributed by atoms with E-state index >= 15 is 0 Å². The van der Waals surface area contributed by atoms with Gasteiger partial charge < -0.3 is 9.47 Å². The number of sulfonamides is 1. The van der Waals surface area contributed by atoms with Gasteiger partial charge in [-0.3, -0.25) is 4.79 Å². The van der Waals surface area contributed by atoms with Crippen LogP contribution >= 0.6 is 0 Å². The molecule has 2 saturated heterocycles. The number of fused-ring (bicyclic) bond motifs is 2. The molecular formula is C17H18F3NO6S. The molecule has 0 aliphatic carbocycles. The summed E-state index contributed by atoms with van der Waals surface area (Å²) in [5, 5.41) is 0. The first-order chi connectivity index (χ1) is 13.1. The highest BCUT2D eigenvalue weighted by Crippen LogP contribution is 2.46. The number of hydrogen-bond acceptors (Lipinski definition) is 6. The van der Waals surface area contributed by atoms with E-state index in [1.54, 1.807) is 18.2 Å². The van der Waals surface area contributed by atoms with Crippen molar-refractivity contribution in [2.75, 3.05) is 7.11 Å². The first-order valence-electron chi connectivity index (χ1n) is 8.51. The SMILES string of the molecule is COC(=O)[C@@H]1C2CCC(C[C@@H]1OC(=O)c1ccccc1)N2S(=O)(=O)C(F)(F)F. The van der Waals surface area contributed by atoms with Gasteiger partial charge in [0.25, 0.3) is 0 Å². The maximum atomic E-state index is 13.1. The maximum absolute atomic E-state index is 13.1. The van der Waals surface area contributed by atoms with Gasteiger partial charge in [0.2, 0.25) is 0 Å². The number of esters is 2. The van der Waals surface area contributed by atoms with E-state index in [-0.39, 0.29) is 24.8 Å². The van der Waals surface area contributed by atoms with E-state index in [4.69, 9.17) is 4.74 Å². The van der Waals surface area contributed by atoms with Crippen LogP contribution in [0.5, 0.6) is 0 Å². The van der Waals surface area contributed by atoms with Gasteiger partial charge in [-0.15, -0.1) is 0 Å². The lowest BCUT2D eigenvalue weighted by Crippen LogP contribution is -2.59. The number of hydrogen-bond donors (Lipinski definition) is 0. The minimum Gasteiger partial charge on any atom is -0.469 e. The quantitative estimate of drug-likeness (QED) is 0.692. The Morgan fingerprint density at radius 3 is 2.36 bits per heavy atom. The van der Waals surface area contributed by atoms with Crippen LogP contribution in [0.15, 0.2) is 30.3 Å². The van der Waals surface area contributed by atoms with Crippen molar-refractivity contribution in [2.45, 2.75) is 43.0 Å². The zero-order valence-electron chi connectivity index (χ0n) is 14.8. The van der Waals surface area contributed by atoms with Crippen LogP contribution in [-0.4, -0.2) is 55.5 Å². The van der Waals surface area contributed by atoms with E-state index in [9.17, 15) is 31.2 Å². The van der Waals surface area contributed by atoms with Gasteiger partial charge in [0.15, 0.2) is 0 Å². The van der Waals surface area contributed by atoms with Crippen molar-refractivity contribution in [2.24, 2.45) is 5.92 Å². The number of ether oxygens (including phenoxy) is 2. The van der Waals surface area contributed by atoms with Crippen LogP contribution in [-0.2, 0) is 24.3 Å². The van der Waals surface area contributed by atoms with E-state index in [0.29, 0.717) is 4.31 Å². The number of alkyl halides is 3. The van der Waals surface area contributed by atoms with E-state index in [0.717, 1.165) is 7.11 Å². The number of benzene rings is 1. The fraction of sp³-hybridized carbons (Fsp3) is 0.529.